The minimum absolute atomic E-state index is 0.201. The second kappa shape index (κ2) is 6.92. The van der Waals surface area contributed by atoms with Crippen LogP contribution in [-0.2, 0) is 11.2 Å². The van der Waals surface area contributed by atoms with E-state index in [1.54, 1.807) is 0 Å². The molecule has 0 aliphatic heterocycles. The minimum Gasteiger partial charge on any atom is -0.453 e. The Labute approximate surface area is 159 Å². The van der Waals surface area contributed by atoms with E-state index in [0.29, 0.717) is 5.69 Å². The zero-order chi connectivity index (χ0) is 18.1. The zero-order valence-corrected chi connectivity index (χ0v) is 15.7. The van der Waals surface area contributed by atoms with Gasteiger partial charge < -0.3 is 9.72 Å². The standard InChI is InChI=1S/C19H17BrN4O2/c1-26-19(25)23-14-5-2-11(3-6-14)16-10-22-18(24-16)15-7-4-12-8-13(20)9-21-17(12)15/h2-3,5-6,8-10,15H,4,7H2,1H3,(H,22,24)(H,23,25). The van der Waals surface area contributed by atoms with Crippen molar-refractivity contribution in [3.8, 4) is 11.3 Å². The number of nitrogens with zero attached hydrogens (tertiary/aromatic N) is 2. The lowest BCUT2D eigenvalue weighted by Gasteiger charge is -2.08. The molecule has 132 valence electrons. The van der Waals surface area contributed by atoms with Crippen LogP contribution in [-0.4, -0.2) is 28.2 Å². The van der Waals surface area contributed by atoms with Gasteiger partial charge in [-0.1, -0.05) is 12.1 Å². The van der Waals surface area contributed by atoms with E-state index in [9.17, 15) is 4.79 Å². The highest BCUT2D eigenvalue weighted by Gasteiger charge is 2.28. The van der Waals surface area contributed by atoms with E-state index in [1.807, 2.05) is 36.7 Å². The van der Waals surface area contributed by atoms with Gasteiger partial charge in [-0.2, -0.15) is 0 Å². The molecular weight excluding hydrogens is 396 g/mol. The highest BCUT2D eigenvalue weighted by molar-refractivity contribution is 9.10. The molecule has 2 N–H and O–H groups in total. The van der Waals surface area contributed by atoms with Gasteiger partial charge in [0.2, 0.25) is 0 Å². The van der Waals surface area contributed by atoms with Gasteiger partial charge in [-0.15, -0.1) is 0 Å². The highest BCUT2D eigenvalue weighted by Crippen LogP contribution is 2.37. The number of pyridine rings is 1. The predicted molar refractivity (Wildman–Crippen MR) is 102 cm³/mol. The van der Waals surface area contributed by atoms with Gasteiger partial charge in [0.25, 0.3) is 0 Å². The molecule has 6 nitrogen and oxygen atoms in total. The monoisotopic (exact) mass is 412 g/mol. The molecule has 0 saturated heterocycles. The summed E-state index contributed by atoms with van der Waals surface area (Å²) >= 11 is 3.48. The van der Waals surface area contributed by atoms with Gasteiger partial charge in [-0.25, -0.2) is 9.78 Å². The molecule has 3 aromatic rings. The summed E-state index contributed by atoms with van der Waals surface area (Å²) in [5, 5.41) is 2.64. The van der Waals surface area contributed by atoms with Gasteiger partial charge in [-0.3, -0.25) is 10.3 Å². The first-order valence-electron chi connectivity index (χ1n) is 8.28. The topological polar surface area (TPSA) is 79.9 Å². The normalized spacial score (nSPS) is 15.5. The Morgan fingerprint density at radius 1 is 1.27 bits per heavy atom. The summed E-state index contributed by atoms with van der Waals surface area (Å²) in [5.74, 6) is 1.14. The first-order valence-corrected chi connectivity index (χ1v) is 9.08. The number of hydrogen-bond donors (Lipinski definition) is 2. The van der Waals surface area contributed by atoms with E-state index in [4.69, 9.17) is 0 Å². The van der Waals surface area contributed by atoms with Crippen molar-refractivity contribution < 1.29 is 9.53 Å². The van der Waals surface area contributed by atoms with Crippen molar-refractivity contribution in [3.63, 3.8) is 0 Å². The van der Waals surface area contributed by atoms with Gasteiger partial charge in [0.15, 0.2) is 0 Å². The lowest BCUT2D eigenvalue weighted by atomic mass is 10.1. The number of aromatic nitrogens is 3. The Balaban J connectivity index is 1.55. The van der Waals surface area contributed by atoms with E-state index < -0.39 is 6.09 Å². The van der Waals surface area contributed by atoms with Crippen molar-refractivity contribution in [2.24, 2.45) is 0 Å². The smallest absolute Gasteiger partial charge is 0.411 e. The highest BCUT2D eigenvalue weighted by atomic mass is 79.9. The molecule has 0 spiro atoms. The number of aromatic amines is 1. The summed E-state index contributed by atoms with van der Waals surface area (Å²) in [5.41, 5.74) is 5.00. The molecule has 26 heavy (non-hydrogen) atoms. The van der Waals surface area contributed by atoms with E-state index in [-0.39, 0.29) is 5.92 Å². The molecule has 1 aromatic carbocycles. The molecule has 1 unspecified atom stereocenters. The maximum absolute atomic E-state index is 11.2. The number of aryl methyl sites for hydroxylation is 1. The molecular formula is C19H17BrN4O2. The molecule has 0 bridgehead atoms. The van der Waals surface area contributed by atoms with Crippen LogP contribution in [0.1, 0.15) is 29.4 Å². The second-order valence-corrected chi connectivity index (χ2v) is 7.08. The number of methoxy groups -OCH3 is 1. The molecule has 1 aliphatic rings. The average molecular weight is 413 g/mol. The SMILES string of the molecule is COC(=O)Nc1ccc(-c2cnc(C3CCc4cc(Br)cnc43)[nH]2)cc1. The molecule has 0 saturated carbocycles. The third-order valence-corrected chi connectivity index (χ3v) is 4.99. The van der Waals surface area contributed by atoms with Gasteiger partial charge in [-0.05, 0) is 58.1 Å². The predicted octanol–water partition coefficient (Wildman–Crippen LogP) is 4.49. The first kappa shape index (κ1) is 16.8. The molecule has 4 rings (SSSR count). The number of carbonyl (C=O) groups excluding carboxylic acids is 1. The van der Waals surface area contributed by atoms with Crippen molar-refractivity contribution in [1.29, 1.82) is 0 Å². The largest absolute Gasteiger partial charge is 0.453 e. The maximum Gasteiger partial charge on any atom is 0.411 e. The number of amides is 1. The van der Waals surface area contributed by atoms with Crippen LogP contribution in [0.25, 0.3) is 11.3 Å². The van der Waals surface area contributed by atoms with Crippen LogP contribution in [0.15, 0.2) is 47.2 Å². The summed E-state index contributed by atoms with van der Waals surface area (Å²) in [4.78, 5) is 23.8. The minimum atomic E-state index is -0.486. The van der Waals surface area contributed by atoms with Gasteiger partial charge in [0.05, 0.1) is 30.6 Å². The number of benzene rings is 1. The van der Waals surface area contributed by atoms with Gasteiger partial charge in [0.1, 0.15) is 5.82 Å². The molecule has 0 fully saturated rings. The van der Waals surface area contributed by atoms with Crippen LogP contribution in [0.3, 0.4) is 0 Å². The fourth-order valence-corrected chi connectivity index (χ4v) is 3.65. The Morgan fingerprint density at radius 2 is 2.08 bits per heavy atom. The fraction of sp³-hybridized carbons (Fsp3) is 0.211. The molecule has 1 aliphatic carbocycles. The van der Waals surface area contributed by atoms with Crippen molar-refractivity contribution in [2.75, 3.05) is 12.4 Å². The molecule has 1 amide bonds. The number of imidazole rings is 1. The summed E-state index contributed by atoms with van der Waals surface area (Å²) in [7, 11) is 1.34. The molecule has 1 atom stereocenters. The number of nitrogens with one attached hydrogen (secondary N) is 2. The van der Waals surface area contributed by atoms with E-state index in [0.717, 1.165) is 40.1 Å². The quantitative estimate of drug-likeness (QED) is 0.663. The van der Waals surface area contributed by atoms with Crippen molar-refractivity contribution in [1.82, 2.24) is 15.0 Å². The molecule has 0 radical (unpaired) electrons. The molecule has 2 aromatic heterocycles. The number of hydrogen-bond acceptors (Lipinski definition) is 4. The fourth-order valence-electron chi connectivity index (χ4n) is 3.27. The van der Waals surface area contributed by atoms with E-state index >= 15 is 0 Å². The number of anilines is 1. The van der Waals surface area contributed by atoms with E-state index in [1.165, 1.54) is 12.7 Å². The van der Waals surface area contributed by atoms with Crippen molar-refractivity contribution in [2.45, 2.75) is 18.8 Å². The number of ether oxygens (including phenoxy) is 1. The van der Waals surface area contributed by atoms with Crippen LogP contribution < -0.4 is 5.32 Å². The number of fused-ring (bicyclic) bond motifs is 1. The van der Waals surface area contributed by atoms with E-state index in [2.05, 4.69) is 47.0 Å². The number of carbonyl (C=O) groups is 1. The van der Waals surface area contributed by atoms with Crippen LogP contribution in [0.4, 0.5) is 10.5 Å². The van der Waals surface area contributed by atoms with Gasteiger partial charge >= 0.3 is 6.09 Å². The number of H-pyrrole nitrogens is 1. The Hall–Kier alpha value is -2.67. The third kappa shape index (κ3) is 3.22. The number of halogens is 1. The van der Waals surface area contributed by atoms with Crippen LogP contribution in [0, 0.1) is 0 Å². The lowest BCUT2D eigenvalue weighted by molar-refractivity contribution is 0.187. The summed E-state index contributed by atoms with van der Waals surface area (Å²) in [6.45, 7) is 0. The Morgan fingerprint density at radius 3 is 2.85 bits per heavy atom. The first-order chi connectivity index (χ1) is 12.6. The van der Waals surface area contributed by atoms with Crippen molar-refractivity contribution >= 4 is 27.7 Å². The second-order valence-electron chi connectivity index (χ2n) is 6.17. The average Bonchev–Trinajstić information content (AvgIpc) is 3.28. The van der Waals surface area contributed by atoms with Crippen LogP contribution >= 0.6 is 15.9 Å². The molecule has 7 heteroatoms. The van der Waals surface area contributed by atoms with Crippen LogP contribution in [0.2, 0.25) is 0 Å². The third-order valence-electron chi connectivity index (χ3n) is 4.55. The summed E-state index contributed by atoms with van der Waals surface area (Å²) in [6, 6.07) is 9.66. The molecule has 2 heterocycles. The summed E-state index contributed by atoms with van der Waals surface area (Å²) in [6.07, 6.45) is 5.22. The lowest BCUT2D eigenvalue weighted by Crippen LogP contribution is -2.10. The van der Waals surface area contributed by atoms with Gasteiger partial charge in [0, 0.05) is 16.4 Å². The van der Waals surface area contributed by atoms with Crippen LogP contribution in [0.5, 0.6) is 0 Å². The van der Waals surface area contributed by atoms with Crippen molar-refractivity contribution in [3.05, 3.63) is 64.3 Å². The Bertz CT molecular complexity index is 952. The Kier molecular flexibility index (Phi) is 4.46. The summed E-state index contributed by atoms with van der Waals surface area (Å²) < 4.78 is 5.60. The zero-order valence-electron chi connectivity index (χ0n) is 14.1. The number of rotatable bonds is 3. The maximum atomic E-state index is 11.2.